The number of Topliss-reactive ketones (excluding diaryl/α,β-unsaturated/α-hetero) is 1. The van der Waals surface area contributed by atoms with E-state index in [1.807, 2.05) is 0 Å². The van der Waals surface area contributed by atoms with Crippen molar-refractivity contribution in [2.75, 3.05) is 0 Å². The molecule has 82 valence electrons. The van der Waals surface area contributed by atoms with E-state index in [-0.39, 0.29) is 0 Å². The normalized spacial score (nSPS) is 15.0. The predicted molar refractivity (Wildman–Crippen MR) is 41.6 cm³/mol. The van der Waals surface area contributed by atoms with Crippen molar-refractivity contribution < 1.29 is 27.9 Å². The van der Waals surface area contributed by atoms with Crippen molar-refractivity contribution in [2.45, 2.75) is 26.9 Å². The summed E-state index contributed by atoms with van der Waals surface area (Å²) in [4.78, 5) is 21.3. The van der Waals surface area contributed by atoms with Crippen molar-refractivity contribution in [3.63, 3.8) is 0 Å². The van der Waals surface area contributed by atoms with Crippen LogP contribution in [0.2, 0.25) is 0 Å². The number of ketones is 1. The fourth-order valence-corrected chi connectivity index (χ4v) is 1.04. The molecule has 0 aliphatic carbocycles. The van der Waals surface area contributed by atoms with E-state index in [1.165, 1.54) is 20.8 Å². The Morgan fingerprint density at radius 1 is 1.14 bits per heavy atom. The Morgan fingerprint density at radius 3 is 1.57 bits per heavy atom. The lowest BCUT2D eigenvalue weighted by atomic mass is 9.78. The van der Waals surface area contributed by atoms with Gasteiger partial charge in [0, 0.05) is 0 Å². The number of carbonyl (C=O) groups excluding carboxylic acids is 1. The molecule has 0 aromatic heterocycles. The van der Waals surface area contributed by atoms with Gasteiger partial charge >= 0.3 is 12.1 Å². The number of alkyl halides is 3. The van der Waals surface area contributed by atoms with E-state index in [0.717, 1.165) is 0 Å². The zero-order valence-electron chi connectivity index (χ0n) is 7.97. The third-order valence-corrected chi connectivity index (χ3v) is 1.65. The number of aliphatic carboxylic acids is 1. The molecule has 0 aliphatic heterocycles. The second-order valence-electron chi connectivity index (χ2n) is 4.00. The smallest absolute Gasteiger partial charge is 0.450 e. The molecular weight excluding hydrogens is 201 g/mol. The summed E-state index contributed by atoms with van der Waals surface area (Å²) in [5.74, 6) is -6.01. The van der Waals surface area contributed by atoms with E-state index < -0.39 is 29.3 Å². The molecule has 6 heteroatoms. The van der Waals surface area contributed by atoms with Crippen LogP contribution in [-0.4, -0.2) is 23.0 Å². The van der Waals surface area contributed by atoms with Crippen LogP contribution in [0.3, 0.4) is 0 Å². The molecule has 0 bridgehead atoms. The first kappa shape index (κ1) is 12.9. The molecule has 0 fully saturated rings. The van der Waals surface area contributed by atoms with Gasteiger partial charge in [-0.25, -0.2) is 0 Å². The fourth-order valence-electron chi connectivity index (χ4n) is 1.04. The highest BCUT2D eigenvalue weighted by molar-refractivity contribution is 6.01. The zero-order valence-corrected chi connectivity index (χ0v) is 7.97. The summed E-state index contributed by atoms with van der Waals surface area (Å²) in [6, 6.07) is 0. The first-order valence-corrected chi connectivity index (χ1v) is 3.81. The molecule has 3 nitrogen and oxygen atoms in total. The van der Waals surface area contributed by atoms with Crippen molar-refractivity contribution in [3.05, 3.63) is 0 Å². The van der Waals surface area contributed by atoms with Gasteiger partial charge in [-0.3, -0.25) is 9.59 Å². The summed E-state index contributed by atoms with van der Waals surface area (Å²) in [6.07, 6.45) is -5.10. The number of hydrogen-bond acceptors (Lipinski definition) is 2. The average molecular weight is 212 g/mol. The summed E-state index contributed by atoms with van der Waals surface area (Å²) in [6.45, 7) is 3.82. The number of hydrogen-bond donors (Lipinski definition) is 1. The van der Waals surface area contributed by atoms with Gasteiger partial charge in [-0.15, -0.1) is 0 Å². The Morgan fingerprint density at radius 2 is 1.50 bits per heavy atom. The van der Waals surface area contributed by atoms with Crippen LogP contribution >= 0.6 is 0 Å². The Balaban J connectivity index is 5.07. The molecule has 0 aromatic carbocycles. The molecule has 14 heavy (non-hydrogen) atoms. The third-order valence-electron chi connectivity index (χ3n) is 1.65. The fraction of sp³-hybridized carbons (Fsp3) is 0.750. The molecule has 0 spiro atoms. The molecule has 0 heterocycles. The summed E-state index contributed by atoms with van der Waals surface area (Å²) >= 11 is 0. The van der Waals surface area contributed by atoms with Crippen LogP contribution in [-0.2, 0) is 9.59 Å². The highest BCUT2D eigenvalue weighted by atomic mass is 19.4. The maximum absolute atomic E-state index is 12.0. The molecule has 1 N–H and O–H groups in total. The number of carboxylic acid groups (broad SMARTS) is 1. The number of halogens is 3. The van der Waals surface area contributed by atoms with Gasteiger partial charge in [-0.2, -0.15) is 13.2 Å². The molecule has 0 saturated carbocycles. The summed E-state index contributed by atoms with van der Waals surface area (Å²) < 4.78 is 35.9. The van der Waals surface area contributed by atoms with Crippen molar-refractivity contribution in [3.8, 4) is 0 Å². The van der Waals surface area contributed by atoms with E-state index in [9.17, 15) is 22.8 Å². The van der Waals surface area contributed by atoms with E-state index in [2.05, 4.69) is 0 Å². The summed E-state index contributed by atoms with van der Waals surface area (Å²) in [5, 5.41) is 8.52. The van der Waals surface area contributed by atoms with Gasteiger partial charge in [-0.05, 0) is 5.41 Å². The summed E-state index contributed by atoms with van der Waals surface area (Å²) in [7, 11) is 0. The second kappa shape index (κ2) is 3.59. The SMILES string of the molecule is CC(C)(C)C(C(=O)O)C(=O)C(F)(F)F. The molecule has 1 atom stereocenters. The molecule has 0 aliphatic rings. The Hall–Kier alpha value is -1.07. The largest absolute Gasteiger partial charge is 0.481 e. The first-order chi connectivity index (χ1) is 5.98. The molecule has 1 unspecified atom stereocenters. The van der Waals surface area contributed by atoms with E-state index in [4.69, 9.17) is 5.11 Å². The van der Waals surface area contributed by atoms with Crippen LogP contribution < -0.4 is 0 Å². The highest BCUT2D eigenvalue weighted by Crippen LogP contribution is 2.32. The van der Waals surface area contributed by atoms with E-state index in [1.54, 1.807) is 0 Å². The Labute approximate surface area is 78.9 Å². The number of carbonyl (C=O) groups is 2. The predicted octanol–water partition coefficient (Wildman–Crippen LogP) is 1.86. The average Bonchev–Trinajstić information content (AvgIpc) is 1.79. The van der Waals surface area contributed by atoms with E-state index >= 15 is 0 Å². The van der Waals surface area contributed by atoms with Crippen LogP contribution in [0.15, 0.2) is 0 Å². The van der Waals surface area contributed by atoms with Gasteiger partial charge in [0.25, 0.3) is 5.78 Å². The van der Waals surface area contributed by atoms with Gasteiger partial charge in [0.1, 0.15) is 5.92 Å². The number of carboxylic acids is 1. The minimum Gasteiger partial charge on any atom is -0.481 e. The van der Waals surface area contributed by atoms with Crippen molar-refractivity contribution in [2.24, 2.45) is 11.3 Å². The Kier molecular flexibility index (Phi) is 3.31. The molecular formula is C8H11F3O3. The lowest BCUT2D eigenvalue weighted by Crippen LogP contribution is -2.42. The van der Waals surface area contributed by atoms with E-state index in [0.29, 0.717) is 0 Å². The lowest BCUT2D eigenvalue weighted by Gasteiger charge is -2.26. The molecule has 0 amide bonds. The van der Waals surface area contributed by atoms with Gasteiger partial charge < -0.3 is 5.11 Å². The lowest BCUT2D eigenvalue weighted by molar-refractivity contribution is -0.183. The standard InChI is InChI=1S/C8H11F3O3/c1-7(2,3)4(6(13)14)5(12)8(9,10)11/h4H,1-3H3,(H,13,14). The quantitative estimate of drug-likeness (QED) is 0.711. The topological polar surface area (TPSA) is 54.4 Å². The van der Waals surface area contributed by atoms with Crippen molar-refractivity contribution in [1.82, 2.24) is 0 Å². The number of rotatable bonds is 2. The highest BCUT2D eigenvalue weighted by Gasteiger charge is 2.50. The monoisotopic (exact) mass is 212 g/mol. The van der Waals surface area contributed by atoms with Gasteiger partial charge in [0.05, 0.1) is 0 Å². The summed E-state index contributed by atoms with van der Waals surface area (Å²) in [5.41, 5.74) is -1.25. The van der Waals surface area contributed by atoms with Gasteiger partial charge in [-0.1, -0.05) is 20.8 Å². The second-order valence-corrected chi connectivity index (χ2v) is 4.00. The minimum atomic E-state index is -5.10. The van der Waals surface area contributed by atoms with Crippen LogP contribution in [0.5, 0.6) is 0 Å². The van der Waals surface area contributed by atoms with Crippen LogP contribution in [0.4, 0.5) is 13.2 Å². The van der Waals surface area contributed by atoms with Gasteiger partial charge in [0.2, 0.25) is 0 Å². The molecule has 0 saturated heterocycles. The maximum atomic E-state index is 12.0. The molecule has 0 aromatic rings. The first-order valence-electron chi connectivity index (χ1n) is 3.81. The Bertz CT molecular complexity index is 250. The minimum absolute atomic E-state index is 1.25. The van der Waals surface area contributed by atoms with Crippen LogP contribution in [0.1, 0.15) is 20.8 Å². The zero-order chi connectivity index (χ0) is 11.7. The van der Waals surface area contributed by atoms with Crippen LogP contribution in [0.25, 0.3) is 0 Å². The van der Waals surface area contributed by atoms with Crippen molar-refractivity contribution in [1.29, 1.82) is 0 Å². The van der Waals surface area contributed by atoms with Gasteiger partial charge in [0.15, 0.2) is 0 Å². The van der Waals surface area contributed by atoms with Crippen LogP contribution in [0, 0.1) is 11.3 Å². The maximum Gasteiger partial charge on any atom is 0.450 e. The third kappa shape index (κ3) is 3.01. The van der Waals surface area contributed by atoms with Crippen molar-refractivity contribution >= 4 is 11.8 Å². The molecule has 0 rings (SSSR count). The molecule has 0 radical (unpaired) electrons.